The Balaban J connectivity index is 4.57. The van der Waals surface area contributed by atoms with Crippen LogP contribution >= 0.6 is 0 Å². The lowest BCUT2D eigenvalue weighted by atomic mass is 10.1. The molecular formula is C14H23NO5. The Labute approximate surface area is 119 Å². The highest BCUT2D eigenvalue weighted by atomic mass is 16.5. The Morgan fingerprint density at radius 1 is 1.35 bits per heavy atom. The highest BCUT2D eigenvalue weighted by molar-refractivity contribution is 5.86. The zero-order chi connectivity index (χ0) is 15.5. The molecule has 6 nitrogen and oxygen atoms in total. The summed E-state index contributed by atoms with van der Waals surface area (Å²) in [6, 6.07) is -0.828. The minimum Gasteiger partial charge on any atom is -0.460 e. The van der Waals surface area contributed by atoms with E-state index in [1.165, 1.54) is 20.1 Å². The Hall–Kier alpha value is -1.69. The van der Waals surface area contributed by atoms with Gasteiger partial charge < -0.3 is 19.6 Å². The average molecular weight is 285 g/mol. The molecule has 1 N–H and O–H groups in total. The second-order valence-electron chi connectivity index (χ2n) is 4.58. The molecule has 2 unspecified atom stereocenters. The van der Waals surface area contributed by atoms with Crippen LogP contribution in [-0.4, -0.2) is 44.0 Å². The summed E-state index contributed by atoms with van der Waals surface area (Å²) in [6.45, 7) is 6.89. The van der Waals surface area contributed by atoms with Gasteiger partial charge in [-0.15, -0.1) is 0 Å². The zero-order valence-corrected chi connectivity index (χ0v) is 12.3. The van der Waals surface area contributed by atoms with Crippen LogP contribution in [0, 0.1) is 5.92 Å². The molecule has 0 saturated carbocycles. The van der Waals surface area contributed by atoms with E-state index >= 15 is 0 Å². The molecule has 0 aromatic carbocycles. The van der Waals surface area contributed by atoms with Crippen molar-refractivity contribution in [1.82, 2.24) is 5.32 Å². The predicted molar refractivity (Wildman–Crippen MR) is 74.0 cm³/mol. The number of ether oxygens (including phenoxy) is 2. The molecule has 0 radical (unpaired) electrons. The third-order valence-electron chi connectivity index (χ3n) is 2.59. The lowest BCUT2D eigenvalue weighted by Crippen LogP contribution is -2.45. The van der Waals surface area contributed by atoms with E-state index < -0.39 is 12.0 Å². The van der Waals surface area contributed by atoms with Gasteiger partial charge in [0.25, 0.3) is 0 Å². The van der Waals surface area contributed by atoms with Crippen molar-refractivity contribution in [1.29, 1.82) is 0 Å². The summed E-state index contributed by atoms with van der Waals surface area (Å²) in [7, 11) is 1.50. The normalized spacial score (nSPS) is 13.2. The first-order valence-corrected chi connectivity index (χ1v) is 6.48. The average Bonchev–Trinajstić information content (AvgIpc) is 2.40. The lowest BCUT2D eigenvalue weighted by molar-refractivity contribution is -0.147. The van der Waals surface area contributed by atoms with Crippen molar-refractivity contribution in [2.24, 2.45) is 5.92 Å². The number of hydrogen-bond donors (Lipinski definition) is 1. The van der Waals surface area contributed by atoms with Gasteiger partial charge in [0, 0.05) is 13.5 Å². The van der Waals surface area contributed by atoms with E-state index in [0.717, 1.165) is 0 Å². The summed E-state index contributed by atoms with van der Waals surface area (Å²) < 4.78 is 9.80. The van der Waals surface area contributed by atoms with E-state index in [1.807, 2.05) is 0 Å². The van der Waals surface area contributed by atoms with E-state index in [-0.39, 0.29) is 43.7 Å². The largest absolute Gasteiger partial charge is 0.460 e. The number of carbonyl (C=O) groups is 3. The standard InChI is InChI=1S/C14H23NO5/c1-5-8-20-14(18)12(7-6-11(3)16)15-13(17)10(2)9-19-4/h5,10,12H,1,6-9H2,2-4H3,(H,15,17). The van der Waals surface area contributed by atoms with Crippen LogP contribution < -0.4 is 5.32 Å². The highest BCUT2D eigenvalue weighted by Crippen LogP contribution is 2.04. The first-order chi connectivity index (χ1) is 9.42. The maximum absolute atomic E-state index is 11.9. The molecule has 0 bridgehead atoms. The summed E-state index contributed by atoms with van der Waals surface area (Å²) in [6.07, 6.45) is 1.86. The number of amides is 1. The zero-order valence-electron chi connectivity index (χ0n) is 12.3. The predicted octanol–water partition coefficient (Wildman–Crippen LogP) is 0.852. The van der Waals surface area contributed by atoms with Gasteiger partial charge in [0.2, 0.25) is 5.91 Å². The number of nitrogens with one attached hydrogen (secondary N) is 1. The molecule has 0 spiro atoms. The van der Waals surface area contributed by atoms with E-state index in [1.54, 1.807) is 6.92 Å². The molecule has 0 aromatic heterocycles. The maximum Gasteiger partial charge on any atom is 0.328 e. The first-order valence-electron chi connectivity index (χ1n) is 6.48. The van der Waals surface area contributed by atoms with Crippen LogP contribution in [-0.2, 0) is 23.9 Å². The van der Waals surface area contributed by atoms with Crippen LogP contribution in [0.25, 0.3) is 0 Å². The fourth-order valence-electron chi connectivity index (χ4n) is 1.48. The summed E-state index contributed by atoms with van der Waals surface area (Å²) in [5, 5.41) is 2.59. The minimum atomic E-state index is -0.828. The van der Waals surface area contributed by atoms with Crippen LogP contribution in [0.1, 0.15) is 26.7 Å². The third kappa shape index (κ3) is 7.68. The Morgan fingerprint density at radius 3 is 2.50 bits per heavy atom. The molecule has 0 aliphatic rings. The Kier molecular flexibility index (Phi) is 9.28. The van der Waals surface area contributed by atoms with Crippen LogP contribution in [0.2, 0.25) is 0 Å². The minimum absolute atomic E-state index is 0.0503. The van der Waals surface area contributed by atoms with Crippen molar-refractivity contribution in [3.05, 3.63) is 12.7 Å². The molecule has 6 heteroatoms. The van der Waals surface area contributed by atoms with Gasteiger partial charge in [0.05, 0.1) is 12.5 Å². The molecule has 2 atom stereocenters. The number of ketones is 1. The van der Waals surface area contributed by atoms with Gasteiger partial charge in [-0.3, -0.25) is 4.79 Å². The molecule has 0 aliphatic heterocycles. The number of hydrogen-bond acceptors (Lipinski definition) is 5. The van der Waals surface area contributed by atoms with Crippen molar-refractivity contribution >= 4 is 17.7 Å². The smallest absolute Gasteiger partial charge is 0.328 e. The molecule has 20 heavy (non-hydrogen) atoms. The van der Waals surface area contributed by atoms with Gasteiger partial charge in [-0.1, -0.05) is 19.6 Å². The molecule has 0 aromatic rings. The quantitative estimate of drug-likeness (QED) is 0.475. The van der Waals surface area contributed by atoms with Gasteiger partial charge >= 0.3 is 5.97 Å². The number of methoxy groups -OCH3 is 1. The molecular weight excluding hydrogens is 262 g/mol. The van der Waals surface area contributed by atoms with E-state index in [2.05, 4.69) is 11.9 Å². The lowest BCUT2D eigenvalue weighted by Gasteiger charge is -2.19. The number of esters is 1. The van der Waals surface area contributed by atoms with Crippen molar-refractivity contribution in [3.8, 4) is 0 Å². The second-order valence-corrected chi connectivity index (χ2v) is 4.58. The summed E-state index contributed by atoms with van der Waals surface area (Å²) in [5.41, 5.74) is 0. The Morgan fingerprint density at radius 2 is 2.00 bits per heavy atom. The third-order valence-corrected chi connectivity index (χ3v) is 2.59. The van der Waals surface area contributed by atoms with Gasteiger partial charge in [0.15, 0.2) is 0 Å². The monoisotopic (exact) mass is 285 g/mol. The maximum atomic E-state index is 11.9. The van der Waals surface area contributed by atoms with Gasteiger partial charge in [-0.25, -0.2) is 4.79 Å². The van der Waals surface area contributed by atoms with Crippen LogP contribution in [0.4, 0.5) is 0 Å². The fraction of sp³-hybridized carbons (Fsp3) is 0.643. The van der Waals surface area contributed by atoms with Gasteiger partial charge in [-0.2, -0.15) is 0 Å². The molecule has 1 amide bonds. The van der Waals surface area contributed by atoms with Crippen LogP contribution in [0.15, 0.2) is 12.7 Å². The Bertz CT molecular complexity index is 353. The summed E-state index contributed by atoms with van der Waals surface area (Å²) in [4.78, 5) is 34.7. The second kappa shape index (κ2) is 10.1. The van der Waals surface area contributed by atoms with Crippen molar-refractivity contribution in [2.75, 3.05) is 20.3 Å². The molecule has 0 heterocycles. The van der Waals surface area contributed by atoms with Crippen molar-refractivity contribution < 1.29 is 23.9 Å². The number of carbonyl (C=O) groups excluding carboxylic acids is 3. The van der Waals surface area contributed by atoms with Crippen LogP contribution in [0.5, 0.6) is 0 Å². The summed E-state index contributed by atoms with van der Waals surface area (Å²) in [5.74, 6) is -1.31. The van der Waals surface area contributed by atoms with Crippen molar-refractivity contribution in [2.45, 2.75) is 32.7 Å². The summed E-state index contributed by atoms with van der Waals surface area (Å²) >= 11 is 0. The molecule has 114 valence electrons. The number of rotatable bonds is 10. The topological polar surface area (TPSA) is 81.7 Å². The molecule has 0 rings (SSSR count). The molecule has 0 saturated heterocycles. The first kappa shape index (κ1) is 18.3. The fourth-order valence-corrected chi connectivity index (χ4v) is 1.48. The van der Waals surface area contributed by atoms with E-state index in [4.69, 9.17) is 9.47 Å². The van der Waals surface area contributed by atoms with Gasteiger partial charge in [0.1, 0.15) is 18.4 Å². The molecule has 0 fully saturated rings. The number of Topliss-reactive ketones (excluding diaryl/α,β-unsaturated/α-hetero) is 1. The molecule has 0 aliphatic carbocycles. The van der Waals surface area contributed by atoms with E-state index in [9.17, 15) is 14.4 Å². The SMILES string of the molecule is C=CCOC(=O)C(CCC(C)=O)NC(=O)C(C)COC. The van der Waals surface area contributed by atoms with Crippen LogP contribution in [0.3, 0.4) is 0 Å². The van der Waals surface area contributed by atoms with E-state index in [0.29, 0.717) is 0 Å². The highest BCUT2D eigenvalue weighted by Gasteiger charge is 2.24. The van der Waals surface area contributed by atoms with Gasteiger partial charge in [-0.05, 0) is 13.3 Å². The van der Waals surface area contributed by atoms with Crippen molar-refractivity contribution in [3.63, 3.8) is 0 Å².